The highest BCUT2D eigenvalue weighted by molar-refractivity contribution is 6.05. The van der Waals surface area contributed by atoms with E-state index in [0.29, 0.717) is 5.56 Å². The molecule has 0 amide bonds. The average molecular weight is 322 g/mol. The van der Waals surface area contributed by atoms with Crippen LogP contribution in [0.5, 0.6) is 0 Å². The first kappa shape index (κ1) is 17.1. The van der Waals surface area contributed by atoms with Gasteiger partial charge in [0, 0.05) is 0 Å². The molecule has 2 rings (SSSR count). The fourth-order valence-electron chi connectivity index (χ4n) is 2.67. The van der Waals surface area contributed by atoms with E-state index < -0.39 is 29.3 Å². The van der Waals surface area contributed by atoms with Gasteiger partial charge in [-0.25, -0.2) is 4.39 Å². The molecule has 0 bridgehead atoms. The lowest BCUT2D eigenvalue weighted by molar-refractivity contribution is -0.174. The van der Waals surface area contributed by atoms with Gasteiger partial charge in [-0.3, -0.25) is 9.59 Å². The number of esters is 2. The van der Waals surface area contributed by atoms with Gasteiger partial charge in [-0.15, -0.1) is 0 Å². The molecule has 1 saturated heterocycles. The van der Waals surface area contributed by atoms with Crippen molar-refractivity contribution in [2.45, 2.75) is 20.0 Å². The smallest absolute Gasteiger partial charge is 0.330 e. The predicted molar refractivity (Wildman–Crippen MR) is 79.9 cm³/mol. The first-order valence-electron chi connectivity index (χ1n) is 7.38. The Labute approximate surface area is 134 Å². The number of carbonyl (C=O) groups is 2. The molecule has 124 valence electrons. The summed E-state index contributed by atoms with van der Waals surface area (Å²) in [7, 11) is 0. The molecule has 1 aliphatic rings. The number of hydrogen-bond acceptors (Lipinski definition) is 5. The molecule has 0 aromatic heterocycles. The lowest BCUT2D eigenvalue weighted by Crippen LogP contribution is -2.45. The fraction of sp³-hybridized carbons (Fsp3) is 0.412. The van der Waals surface area contributed by atoms with Crippen LogP contribution in [0.3, 0.4) is 0 Å². The third-order valence-electron chi connectivity index (χ3n) is 3.74. The summed E-state index contributed by atoms with van der Waals surface area (Å²) < 4.78 is 29.0. The van der Waals surface area contributed by atoms with Crippen molar-refractivity contribution in [3.8, 4) is 0 Å². The molecule has 1 fully saturated rings. The van der Waals surface area contributed by atoms with Gasteiger partial charge in [0.25, 0.3) is 0 Å². The summed E-state index contributed by atoms with van der Waals surface area (Å²) in [4.78, 5) is 25.2. The topological polar surface area (TPSA) is 61.8 Å². The van der Waals surface area contributed by atoms with Crippen LogP contribution in [0.4, 0.5) is 4.39 Å². The second kappa shape index (κ2) is 6.91. The summed E-state index contributed by atoms with van der Waals surface area (Å²) >= 11 is 0. The summed E-state index contributed by atoms with van der Waals surface area (Å²) in [5.74, 6) is -1.96. The van der Waals surface area contributed by atoms with Crippen LogP contribution in [0.15, 0.2) is 36.4 Å². The molecule has 0 aliphatic carbocycles. The molecule has 1 aromatic carbocycles. The van der Waals surface area contributed by atoms with Crippen molar-refractivity contribution in [3.05, 3.63) is 47.8 Å². The van der Waals surface area contributed by atoms with Gasteiger partial charge in [-0.2, -0.15) is 0 Å². The largest absolute Gasteiger partial charge is 0.465 e. The van der Waals surface area contributed by atoms with E-state index in [2.05, 4.69) is 6.58 Å². The zero-order chi connectivity index (χ0) is 17.0. The normalized spacial score (nSPS) is 19.4. The van der Waals surface area contributed by atoms with Crippen molar-refractivity contribution in [2.24, 2.45) is 5.41 Å². The number of hydrogen-bond donors (Lipinski definition) is 0. The molecule has 0 radical (unpaired) electrons. The quantitative estimate of drug-likeness (QED) is 0.474. The molecule has 1 atom stereocenters. The van der Waals surface area contributed by atoms with Gasteiger partial charge in [0.15, 0.2) is 0 Å². The minimum atomic E-state index is -1.77. The molecular formula is C17H19FO5. The van der Waals surface area contributed by atoms with Crippen LogP contribution < -0.4 is 0 Å². The van der Waals surface area contributed by atoms with E-state index in [0.717, 1.165) is 0 Å². The van der Waals surface area contributed by atoms with Crippen LogP contribution >= 0.6 is 0 Å². The van der Waals surface area contributed by atoms with E-state index in [4.69, 9.17) is 14.2 Å². The number of rotatable bonds is 5. The van der Waals surface area contributed by atoms with Gasteiger partial charge < -0.3 is 14.2 Å². The van der Waals surface area contributed by atoms with E-state index >= 15 is 0 Å². The maximum atomic E-state index is 13.2. The van der Waals surface area contributed by atoms with Crippen molar-refractivity contribution >= 4 is 11.9 Å². The maximum Gasteiger partial charge on any atom is 0.330 e. The van der Waals surface area contributed by atoms with Gasteiger partial charge in [-0.05, 0) is 37.1 Å². The van der Waals surface area contributed by atoms with Crippen LogP contribution in [-0.2, 0) is 23.8 Å². The molecule has 0 N–H and O–H groups in total. The van der Waals surface area contributed by atoms with E-state index in [1.807, 2.05) is 0 Å². The molecular weight excluding hydrogens is 303 g/mol. The first-order valence-corrected chi connectivity index (χ1v) is 7.38. The van der Waals surface area contributed by atoms with E-state index in [-0.39, 0.29) is 25.4 Å². The summed E-state index contributed by atoms with van der Waals surface area (Å²) in [5, 5.41) is 0. The molecule has 23 heavy (non-hydrogen) atoms. The summed E-state index contributed by atoms with van der Waals surface area (Å²) in [6.45, 7) is 7.30. The van der Waals surface area contributed by atoms with Crippen LogP contribution in [0.1, 0.15) is 25.5 Å². The van der Waals surface area contributed by atoms with Gasteiger partial charge in [0.05, 0.1) is 19.8 Å². The molecule has 1 aromatic rings. The Morgan fingerprint density at radius 2 is 1.74 bits per heavy atom. The molecule has 1 heterocycles. The number of halogens is 1. The second-order valence-corrected chi connectivity index (χ2v) is 5.10. The lowest BCUT2D eigenvalue weighted by atomic mass is 9.75. The van der Waals surface area contributed by atoms with Crippen molar-refractivity contribution in [1.82, 2.24) is 0 Å². The Bertz CT molecular complexity index is 590. The van der Waals surface area contributed by atoms with Crippen molar-refractivity contribution in [3.63, 3.8) is 0 Å². The summed E-state index contributed by atoms with van der Waals surface area (Å²) in [6.07, 6.45) is -0.964. The Morgan fingerprint density at radius 3 is 2.22 bits per heavy atom. The number of benzene rings is 1. The standard InChI is InChI=1S/C17H19FO5/c1-4-21-15(19)17(16(20)22-5-2)11(3)10-23-14(17)12-6-8-13(18)9-7-12/h6-9,14H,3-5,10H2,1-2H3. The SMILES string of the molecule is C=C1COC(c2ccc(F)cc2)C1(C(=O)OCC)C(=O)OCC. The Kier molecular flexibility index (Phi) is 5.15. The average Bonchev–Trinajstić information content (AvgIpc) is 2.87. The highest BCUT2D eigenvalue weighted by Crippen LogP contribution is 2.50. The lowest BCUT2D eigenvalue weighted by Gasteiger charge is -2.30. The van der Waals surface area contributed by atoms with E-state index in [9.17, 15) is 14.0 Å². The maximum absolute atomic E-state index is 13.2. The molecule has 0 saturated carbocycles. The highest BCUT2D eigenvalue weighted by Gasteiger charge is 2.62. The minimum absolute atomic E-state index is 0.0136. The van der Waals surface area contributed by atoms with Crippen molar-refractivity contribution in [2.75, 3.05) is 19.8 Å². The summed E-state index contributed by atoms with van der Waals surface area (Å²) in [5.41, 5.74) is -1.03. The zero-order valence-corrected chi connectivity index (χ0v) is 13.1. The summed E-state index contributed by atoms with van der Waals surface area (Å²) in [6, 6.07) is 5.40. The van der Waals surface area contributed by atoms with E-state index in [1.165, 1.54) is 24.3 Å². The Balaban J connectivity index is 2.54. The minimum Gasteiger partial charge on any atom is -0.465 e. The molecule has 0 spiro atoms. The predicted octanol–water partition coefficient (Wildman–Crippen LogP) is 2.57. The van der Waals surface area contributed by atoms with Crippen LogP contribution in [0.25, 0.3) is 0 Å². The fourth-order valence-corrected chi connectivity index (χ4v) is 2.67. The Morgan fingerprint density at radius 1 is 1.22 bits per heavy atom. The molecule has 5 nitrogen and oxygen atoms in total. The van der Waals surface area contributed by atoms with Crippen LogP contribution in [-0.4, -0.2) is 31.8 Å². The van der Waals surface area contributed by atoms with Crippen molar-refractivity contribution in [1.29, 1.82) is 0 Å². The van der Waals surface area contributed by atoms with Gasteiger partial charge in [-0.1, -0.05) is 18.7 Å². The number of carbonyl (C=O) groups excluding carboxylic acids is 2. The zero-order valence-electron chi connectivity index (χ0n) is 13.1. The van der Waals surface area contributed by atoms with Crippen molar-refractivity contribution < 1.29 is 28.2 Å². The third kappa shape index (κ3) is 2.86. The molecule has 6 heteroatoms. The van der Waals surface area contributed by atoms with Crippen LogP contribution in [0.2, 0.25) is 0 Å². The monoisotopic (exact) mass is 322 g/mol. The van der Waals surface area contributed by atoms with Gasteiger partial charge >= 0.3 is 11.9 Å². The van der Waals surface area contributed by atoms with Gasteiger partial charge in [0.2, 0.25) is 5.41 Å². The molecule has 1 unspecified atom stereocenters. The number of ether oxygens (including phenoxy) is 3. The second-order valence-electron chi connectivity index (χ2n) is 5.10. The molecule has 1 aliphatic heterocycles. The Hall–Kier alpha value is -2.21. The van der Waals surface area contributed by atoms with E-state index in [1.54, 1.807) is 13.8 Å². The van der Waals surface area contributed by atoms with Gasteiger partial charge in [0.1, 0.15) is 11.9 Å². The third-order valence-corrected chi connectivity index (χ3v) is 3.74. The van der Waals surface area contributed by atoms with Crippen LogP contribution in [0, 0.1) is 11.2 Å². The highest BCUT2D eigenvalue weighted by atomic mass is 19.1. The first-order chi connectivity index (χ1) is 11.0.